The van der Waals surface area contributed by atoms with Gasteiger partial charge in [-0.15, -0.1) is 0 Å². The molecule has 0 unspecified atom stereocenters. The highest BCUT2D eigenvalue weighted by Gasteiger charge is 2.19. The molecule has 0 aliphatic carbocycles. The summed E-state index contributed by atoms with van der Waals surface area (Å²) in [5.74, 6) is -0.394. The van der Waals surface area contributed by atoms with Crippen molar-refractivity contribution in [2.75, 3.05) is 19.0 Å². The predicted molar refractivity (Wildman–Crippen MR) is 132 cm³/mol. The van der Waals surface area contributed by atoms with Crippen LogP contribution in [0.3, 0.4) is 0 Å². The van der Waals surface area contributed by atoms with Crippen molar-refractivity contribution < 1.29 is 8.78 Å². The van der Waals surface area contributed by atoms with Gasteiger partial charge in [-0.1, -0.05) is 12.1 Å². The van der Waals surface area contributed by atoms with Crippen molar-refractivity contribution in [3.63, 3.8) is 0 Å². The zero-order chi connectivity index (χ0) is 24.1. The van der Waals surface area contributed by atoms with E-state index in [1.165, 1.54) is 12.1 Å². The number of anilines is 1. The molecule has 0 amide bonds. The molecule has 9 heteroatoms. The van der Waals surface area contributed by atoms with E-state index in [0.29, 0.717) is 44.8 Å². The number of pyridine rings is 2. The minimum Gasteiger partial charge on any atom is -0.376 e. The third kappa shape index (κ3) is 3.48. The van der Waals surface area contributed by atoms with Crippen LogP contribution in [-0.4, -0.2) is 44.2 Å². The van der Waals surface area contributed by atoms with Gasteiger partial charge in [-0.2, -0.15) is 5.10 Å². The van der Waals surface area contributed by atoms with E-state index in [2.05, 4.69) is 25.1 Å². The summed E-state index contributed by atoms with van der Waals surface area (Å²) in [6, 6.07) is 13.4. The van der Waals surface area contributed by atoms with Crippen LogP contribution in [0.15, 0.2) is 67.1 Å². The summed E-state index contributed by atoms with van der Waals surface area (Å²) >= 11 is 0. The molecular weight excluding hydrogens is 448 g/mol. The molecule has 0 saturated carbocycles. The number of rotatable bonds is 4. The molecule has 0 bridgehead atoms. The molecule has 0 radical (unpaired) electrons. The summed E-state index contributed by atoms with van der Waals surface area (Å²) in [5, 5.41) is 7.65. The average Bonchev–Trinajstić information content (AvgIpc) is 3.49. The van der Waals surface area contributed by atoms with Gasteiger partial charge in [-0.05, 0) is 42.0 Å². The second-order valence-corrected chi connectivity index (χ2v) is 8.40. The summed E-state index contributed by atoms with van der Waals surface area (Å²) < 4.78 is 29.5. The van der Waals surface area contributed by atoms with Crippen molar-refractivity contribution in [1.29, 1.82) is 0 Å². The summed E-state index contributed by atoms with van der Waals surface area (Å²) in [4.78, 5) is 18.5. The maximum Gasteiger partial charge on any atom is 0.157 e. The van der Waals surface area contributed by atoms with E-state index < -0.39 is 5.82 Å². The van der Waals surface area contributed by atoms with E-state index in [0.717, 1.165) is 11.3 Å². The number of fused-ring (bicyclic) bond motifs is 2. The Morgan fingerprint density at radius 2 is 1.74 bits per heavy atom. The van der Waals surface area contributed by atoms with Crippen LogP contribution >= 0.6 is 0 Å². The summed E-state index contributed by atoms with van der Waals surface area (Å²) in [5.41, 5.74) is 5.03. The molecule has 6 rings (SSSR count). The molecule has 0 saturated heterocycles. The number of H-pyrrole nitrogens is 2. The number of hydrogen-bond donors (Lipinski definition) is 2. The monoisotopic (exact) mass is 467 g/mol. The first-order valence-corrected chi connectivity index (χ1v) is 10.9. The molecule has 2 aromatic carbocycles. The molecule has 0 aliphatic rings. The van der Waals surface area contributed by atoms with Gasteiger partial charge in [0.05, 0.1) is 17.4 Å². The Balaban J connectivity index is 1.52. The Morgan fingerprint density at radius 1 is 0.886 bits per heavy atom. The standard InChI is InChI=1S/C26H19F2N7/c1-35(2)16-9-15(12-29-13-16)14-10-18-22(20(28)11-14)33-34-24(18)26-31-21-7-8-30-23(25(21)32-26)17-5-3-4-6-19(17)27/h3-13H,1-2H3,(H,31,32)(H,33,34). The van der Waals surface area contributed by atoms with Crippen molar-refractivity contribution in [3.05, 3.63) is 78.8 Å². The van der Waals surface area contributed by atoms with Crippen LogP contribution in [-0.2, 0) is 0 Å². The topological polar surface area (TPSA) is 86.4 Å². The minimum absolute atomic E-state index is 0.202. The van der Waals surface area contributed by atoms with Crippen molar-refractivity contribution in [3.8, 4) is 33.9 Å². The average molecular weight is 467 g/mol. The second kappa shape index (κ2) is 7.98. The van der Waals surface area contributed by atoms with Crippen molar-refractivity contribution >= 4 is 27.6 Å². The highest BCUT2D eigenvalue weighted by Crippen LogP contribution is 2.34. The van der Waals surface area contributed by atoms with E-state index in [1.54, 1.807) is 42.9 Å². The second-order valence-electron chi connectivity index (χ2n) is 8.40. The van der Waals surface area contributed by atoms with Crippen LogP contribution in [0.5, 0.6) is 0 Å². The first kappa shape index (κ1) is 20.9. The Bertz CT molecular complexity index is 1720. The highest BCUT2D eigenvalue weighted by molar-refractivity contribution is 5.98. The molecule has 35 heavy (non-hydrogen) atoms. The van der Waals surface area contributed by atoms with Gasteiger partial charge in [0.25, 0.3) is 0 Å². The molecule has 0 atom stereocenters. The van der Waals surface area contributed by atoms with Crippen molar-refractivity contribution in [2.24, 2.45) is 0 Å². The van der Waals surface area contributed by atoms with Gasteiger partial charge in [-0.3, -0.25) is 15.1 Å². The first-order valence-electron chi connectivity index (χ1n) is 10.9. The van der Waals surface area contributed by atoms with Crippen LogP contribution in [0.2, 0.25) is 0 Å². The van der Waals surface area contributed by atoms with Crippen molar-refractivity contribution in [2.45, 2.75) is 0 Å². The number of nitrogens with zero attached hydrogens (tertiary/aromatic N) is 5. The Hall–Kier alpha value is -4.66. The number of imidazole rings is 1. The Morgan fingerprint density at radius 3 is 2.57 bits per heavy atom. The lowest BCUT2D eigenvalue weighted by molar-refractivity contribution is 0.631. The lowest BCUT2D eigenvalue weighted by Crippen LogP contribution is -2.08. The highest BCUT2D eigenvalue weighted by atomic mass is 19.1. The van der Waals surface area contributed by atoms with Gasteiger partial charge >= 0.3 is 0 Å². The van der Waals surface area contributed by atoms with E-state index >= 15 is 4.39 Å². The molecule has 2 N–H and O–H groups in total. The van der Waals surface area contributed by atoms with Crippen LogP contribution in [0.1, 0.15) is 0 Å². The van der Waals surface area contributed by atoms with E-state index in [4.69, 9.17) is 4.98 Å². The molecule has 0 aliphatic heterocycles. The fraction of sp³-hybridized carbons (Fsp3) is 0.0769. The van der Waals surface area contributed by atoms with Gasteiger partial charge in [0, 0.05) is 43.0 Å². The third-order valence-corrected chi connectivity index (χ3v) is 5.95. The predicted octanol–water partition coefficient (Wildman–Crippen LogP) is 5.57. The molecule has 0 spiro atoms. The molecule has 4 aromatic heterocycles. The summed E-state index contributed by atoms with van der Waals surface area (Å²) in [7, 11) is 3.84. The van der Waals surface area contributed by atoms with E-state index in [9.17, 15) is 4.39 Å². The number of nitrogens with one attached hydrogen (secondary N) is 2. The van der Waals surface area contributed by atoms with Crippen LogP contribution in [0, 0.1) is 11.6 Å². The van der Waals surface area contributed by atoms with Crippen molar-refractivity contribution in [1.82, 2.24) is 30.1 Å². The molecule has 4 heterocycles. The Labute approximate surface area is 198 Å². The van der Waals surface area contributed by atoms with Crippen LogP contribution in [0.4, 0.5) is 14.5 Å². The van der Waals surface area contributed by atoms with Gasteiger partial charge in [0.15, 0.2) is 11.6 Å². The maximum atomic E-state index is 15.1. The lowest BCUT2D eigenvalue weighted by Gasteiger charge is -2.13. The van der Waals surface area contributed by atoms with E-state index in [-0.39, 0.29) is 11.3 Å². The minimum atomic E-state index is -0.458. The zero-order valence-electron chi connectivity index (χ0n) is 18.8. The summed E-state index contributed by atoms with van der Waals surface area (Å²) in [6.07, 6.45) is 5.04. The first-order chi connectivity index (χ1) is 17.0. The number of aromatic amines is 2. The quantitative estimate of drug-likeness (QED) is 0.354. The summed E-state index contributed by atoms with van der Waals surface area (Å²) in [6.45, 7) is 0. The van der Waals surface area contributed by atoms with E-state index in [1.807, 2.05) is 31.1 Å². The normalized spacial score (nSPS) is 11.4. The van der Waals surface area contributed by atoms with Crippen LogP contribution < -0.4 is 4.90 Å². The number of halogens is 2. The SMILES string of the molecule is CN(C)c1cncc(-c2cc(F)c3n[nH]c(-c4nc5c(-c6ccccc6F)nccc5[nH]4)c3c2)c1. The molecular formula is C26H19F2N7. The molecule has 0 fully saturated rings. The Kier molecular flexibility index (Phi) is 4.77. The largest absolute Gasteiger partial charge is 0.376 e. The van der Waals surface area contributed by atoms with Gasteiger partial charge in [0.2, 0.25) is 0 Å². The number of aromatic nitrogens is 6. The third-order valence-electron chi connectivity index (χ3n) is 5.95. The fourth-order valence-electron chi connectivity index (χ4n) is 4.16. The smallest absolute Gasteiger partial charge is 0.157 e. The van der Waals surface area contributed by atoms with Crippen LogP contribution in [0.25, 0.3) is 55.8 Å². The lowest BCUT2D eigenvalue weighted by atomic mass is 10.0. The number of hydrogen-bond acceptors (Lipinski definition) is 5. The molecule has 6 aromatic rings. The molecule has 172 valence electrons. The van der Waals surface area contributed by atoms with Gasteiger partial charge in [-0.25, -0.2) is 13.8 Å². The molecule has 7 nitrogen and oxygen atoms in total. The zero-order valence-corrected chi connectivity index (χ0v) is 18.8. The van der Waals surface area contributed by atoms with Gasteiger partial charge < -0.3 is 9.88 Å². The fourth-order valence-corrected chi connectivity index (χ4v) is 4.16. The van der Waals surface area contributed by atoms with Gasteiger partial charge in [0.1, 0.15) is 28.2 Å². The number of benzene rings is 2. The maximum absolute atomic E-state index is 15.1.